The van der Waals surface area contributed by atoms with E-state index >= 15 is 0 Å². The fourth-order valence-electron chi connectivity index (χ4n) is 2.07. The molecule has 0 saturated heterocycles. The van der Waals surface area contributed by atoms with Crippen molar-refractivity contribution in [1.82, 2.24) is 10.2 Å². The Kier molecular flexibility index (Phi) is 3.20. The van der Waals surface area contributed by atoms with E-state index in [1.165, 1.54) is 13.0 Å². The summed E-state index contributed by atoms with van der Waals surface area (Å²) in [6.45, 7) is 5.53. The molecule has 0 aliphatic rings. The normalized spacial score (nSPS) is 12.7. The monoisotopic (exact) mass is 252 g/mol. The molecular weight excluding hydrogens is 239 g/mol. The summed E-state index contributed by atoms with van der Waals surface area (Å²) in [6.07, 6.45) is 3.23. The van der Waals surface area contributed by atoms with Crippen LogP contribution in [0.2, 0.25) is 5.02 Å². The Morgan fingerprint density at radius 3 is 2.82 bits per heavy atom. The molecule has 0 fully saturated rings. The van der Waals surface area contributed by atoms with E-state index in [2.05, 4.69) is 24.0 Å². The largest absolute Gasteiger partial charge is 0.278 e. The first kappa shape index (κ1) is 12.1. The molecule has 2 nitrogen and oxygen atoms in total. The van der Waals surface area contributed by atoms with Crippen LogP contribution in [-0.4, -0.2) is 10.2 Å². The number of hydrogen-bond acceptors (Lipinski definition) is 1. The predicted octanol–water partition coefficient (Wildman–Crippen LogP) is 4.67. The standard InChI is InChI=1S/C13H14ClFN2/c1-7(2)13-9(4-8(3)15)11(14)5-12-10(13)6-16-17-12/h4-7H,1-3H3,(H,16,17)/b8-4+. The lowest BCUT2D eigenvalue weighted by molar-refractivity contribution is 0.648. The Hall–Kier alpha value is -1.35. The van der Waals surface area contributed by atoms with Crippen LogP contribution in [0.1, 0.15) is 37.8 Å². The molecule has 4 heteroatoms. The van der Waals surface area contributed by atoms with Crippen LogP contribution in [0, 0.1) is 0 Å². The molecule has 0 amide bonds. The van der Waals surface area contributed by atoms with Crippen LogP contribution in [0.3, 0.4) is 0 Å². The van der Waals surface area contributed by atoms with Gasteiger partial charge in [0.15, 0.2) is 0 Å². The highest BCUT2D eigenvalue weighted by Crippen LogP contribution is 2.34. The molecule has 90 valence electrons. The van der Waals surface area contributed by atoms with E-state index in [0.29, 0.717) is 5.02 Å². The second-order valence-electron chi connectivity index (χ2n) is 4.40. The molecule has 2 rings (SSSR count). The van der Waals surface area contributed by atoms with E-state index in [1.807, 2.05) is 0 Å². The zero-order chi connectivity index (χ0) is 12.6. The molecule has 0 spiro atoms. The van der Waals surface area contributed by atoms with E-state index in [4.69, 9.17) is 11.6 Å². The molecule has 0 atom stereocenters. The van der Waals surface area contributed by atoms with E-state index in [0.717, 1.165) is 22.0 Å². The third-order valence-electron chi connectivity index (χ3n) is 2.70. The fraction of sp³-hybridized carbons (Fsp3) is 0.308. The van der Waals surface area contributed by atoms with Crippen LogP contribution < -0.4 is 0 Å². The van der Waals surface area contributed by atoms with Crippen LogP contribution in [-0.2, 0) is 0 Å². The molecule has 0 unspecified atom stereocenters. The lowest BCUT2D eigenvalue weighted by Gasteiger charge is -2.13. The molecular formula is C13H14ClFN2. The van der Waals surface area contributed by atoms with E-state index < -0.39 is 0 Å². The maximum Gasteiger partial charge on any atom is 0.0975 e. The van der Waals surface area contributed by atoms with Crippen molar-refractivity contribution in [2.24, 2.45) is 0 Å². The molecule has 1 heterocycles. The summed E-state index contributed by atoms with van der Waals surface area (Å²) in [6, 6.07) is 1.78. The average molecular weight is 253 g/mol. The average Bonchev–Trinajstić information content (AvgIpc) is 2.64. The number of halogens is 2. The molecule has 0 saturated carbocycles. The summed E-state index contributed by atoms with van der Waals surface area (Å²) in [5.74, 6) is -0.00366. The summed E-state index contributed by atoms with van der Waals surface area (Å²) in [5.41, 5.74) is 2.65. The predicted molar refractivity (Wildman–Crippen MR) is 70.0 cm³/mol. The lowest BCUT2D eigenvalue weighted by atomic mass is 9.93. The number of fused-ring (bicyclic) bond motifs is 1. The first-order valence-corrected chi connectivity index (χ1v) is 5.87. The van der Waals surface area contributed by atoms with Crippen molar-refractivity contribution in [2.45, 2.75) is 26.7 Å². The molecule has 0 aliphatic carbocycles. The highest BCUT2D eigenvalue weighted by molar-refractivity contribution is 6.33. The quantitative estimate of drug-likeness (QED) is 0.827. The van der Waals surface area contributed by atoms with Gasteiger partial charge in [0.25, 0.3) is 0 Å². The van der Waals surface area contributed by atoms with Crippen molar-refractivity contribution >= 4 is 28.6 Å². The Morgan fingerprint density at radius 2 is 2.24 bits per heavy atom. The number of rotatable bonds is 2. The second-order valence-corrected chi connectivity index (χ2v) is 4.81. The smallest absolute Gasteiger partial charge is 0.0975 e. The summed E-state index contributed by atoms with van der Waals surface area (Å²) >= 11 is 6.19. The Balaban J connectivity index is 2.84. The Bertz CT molecular complexity index is 580. The van der Waals surface area contributed by atoms with Gasteiger partial charge in [0, 0.05) is 5.39 Å². The van der Waals surface area contributed by atoms with Crippen molar-refractivity contribution in [3.8, 4) is 0 Å². The Labute approximate surface area is 104 Å². The van der Waals surface area contributed by atoms with Gasteiger partial charge in [0.05, 0.1) is 22.6 Å². The van der Waals surface area contributed by atoms with Crippen molar-refractivity contribution < 1.29 is 4.39 Å². The van der Waals surface area contributed by atoms with Gasteiger partial charge < -0.3 is 0 Å². The van der Waals surface area contributed by atoms with Gasteiger partial charge in [-0.15, -0.1) is 0 Å². The van der Waals surface area contributed by atoms with Crippen molar-refractivity contribution in [1.29, 1.82) is 0 Å². The highest BCUT2D eigenvalue weighted by atomic mass is 35.5. The van der Waals surface area contributed by atoms with Crippen LogP contribution in [0.5, 0.6) is 0 Å². The van der Waals surface area contributed by atoms with Gasteiger partial charge in [-0.05, 0) is 36.1 Å². The molecule has 0 radical (unpaired) electrons. The van der Waals surface area contributed by atoms with E-state index in [-0.39, 0.29) is 11.7 Å². The molecule has 1 aromatic carbocycles. The molecule has 0 bridgehead atoms. The molecule has 0 aliphatic heterocycles. The molecule has 1 aromatic heterocycles. The second kappa shape index (κ2) is 4.49. The highest BCUT2D eigenvalue weighted by Gasteiger charge is 2.15. The number of hydrogen-bond donors (Lipinski definition) is 1. The van der Waals surface area contributed by atoms with Crippen LogP contribution in [0.15, 0.2) is 18.1 Å². The van der Waals surface area contributed by atoms with Gasteiger partial charge >= 0.3 is 0 Å². The molecule has 17 heavy (non-hydrogen) atoms. The zero-order valence-corrected chi connectivity index (χ0v) is 10.8. The van der Waals surface area contributed by atoms with Gasteiger partial charge in [-0.3, -0.25) is 5.10 Å². The van der Waals surface area contributed by atoms with Crippen molar-refractivity contribution in [3.63, 3.8) is 0 Å². The van der Waals surface area contributed by atoms with Crippen molar-refractivity contribution in [3.05, 3.63) is 34.2 Å². The minimum absolute atomic E-state index is 0.249. The molecule has 2 aromatic rings. The van der Waals surface area contributed by atoms with Gasteiger partial charge in [-0.2, -0.15) is 5.10 Å². The number of allylic oxidation sites excluding steroid dienone is 1. The number of aromatic nitrogens is 2. The topological polar surface area (TPSA) is 28.7 Å². The number of H-pyrrole nitrogens is 1. The minimum atomic E-state index is -0.253. The lowest BCUT2D eigenvalue weighted by Crippen LogP contribution is -1.94. The molecule has 1 N–H and O–H groups in total. The first-order chi connectivity index (χ1) is 8.00. The zero-order valence-electron chi connectivity index (χ0n) is 10.0. The van der Waals surface area contributed by atoms with Gasteiger partial charge in [-0.25, -0.2) is 4.39 Å². The third kappa shape index (κ3) is 2.20. The van der Waals surface area contributed by atoms with Gasteiger partial charge in [-0.1, -0.05) is 25.4 Å². The number of benzene rings is 1. The maximum absolute atomic E-state index is 13.1. The summed E-state index contributed by atoms with van der Waals surface area (Å²) in [4.78, 5) is 0. The van der Waals surface area contributed by atoms with Gasteiger partial charge in [0.2, 0.25) is 0 Å². The van der Waals surface area contributed by atoms with Crippen LogP contribution >= 0.6 is 11.6 Å². The summed E-state index contributed by atoms with van der Waals surface area (Å²) < 4.78 is 13.1. The van der Waals surface area contributed by atoms with Gasteiger partial charge in [0.1, 0.15) is 0 Å². The summed E-state index contributed by atoms with van der Waals surface area (Å²) in [5, 5.41) is 8.44. The van der Waals surface area contributed by atoms with Crippen LogP contribution in [0.25, 0.3) is 17.0 Å². The number of nitrogens with one attached hydrogen (secondary N) is 1. The SMILES string of the molecule is C/C(F)=C\c1c(Cl)cc2[nH]ncc2c1C(C)C. The summed E-state index contributed by atoms with van der Waals surface area (Å²) in [7, 11) is 0. The van der Waals surface area contributed by atoms with E-state index in [1.54, 1.807) is 12.3 Å². The minimum Gasteiger partial charge on any atom is -0.278 e. The third-order valence-corrected chi connectivity index (χ3v) is 3.01. The van der Waals surface area contributed by atoms with E-state index in [9.17, 15) is 4.39 Å². The number of nitrogens with zero attached hydrogens (tertiary/aromatic N) is 1. The maximum atomic E-state index is 13.1. The van der Waals surface area contributed by atoms with Crippen molar-refractivity contribution in [2.75, 3.05) is 0 Å². The van der Waals surface area contributed by atoms with Crippen LogP contribution in [0.4, 0.5) is 4.39 Å². The fourth-order valence-corrected chi connectivity index (χ4v) is 2.33. The Morgan fingerprint density at radius 1 is 1.53 bits per heavy atom. The first-order valence-electron chi connectivity index (χ1n) is 5.50. The number of aromatic amines is 1.